The Bertz CT molecular complexity index is 949. The highest BCUT2D eigenvalue weighted by Crippen LogP contribution is 2.31. The van der Waals surface area contributed by atoms with E-state index < -0.39 is 11.6 Å². The van der Waals surface area contributed by atoms with E-state index in [9.17, 15) is 14.4 Å². The van der Waals surface area contributed by atoms with E-state index in [0.717, 1.165) is 46.9 Å². The van der Waals surface area contributed by atoms with Crippen molar-refractivity contribution in [3.05, 3.63) is 48.0 Å². The van der Waals surface area contributed by atoms with E-state index in [1.54, 1.807) is 11.8 Å². The van der Waals surface area contributed by atoms with Crippen LogP contribution in [0, 0.1) is 0 Å². The number of amides is 4. The van der Waals surface area contributed by atoms with Crippen LogP contribution >= 0.6 is 0 Å². The summed E-state index contributed by atoms with van der Waals surface area (Å²) in [6, 6.07) is 13.1. The Morgan fingerprint density at radius 3 is 2.34 bits per heavy atom. The summed E-state index contributed by atoms with van der Waals surface area (Å²) in [6.07, 6.45) is 5.39. The van der Waals surface area contributed by atoms with E-state index in [4.69, 9.17) is 0 Å². The summed E-state index contributed by atoms with van der Waals surface area (Å²) in [5.41, 5.74) is -0.451. The van der Waals surface area contributed by atoms with Gasteiger partial charge < -0.3 is 10.2 Å². The SMILES string of the molecule is C[C@@]1(c2ccc3ccccc3c2)NC(=O)N(CC(=O)N2CCCCCCC2)C1=O. The van der Waals surface area contributed by atoms with Crippen LogP contribution in [0.15, 0.2) is 42.5 Å². The highest BCUT2D eigenvalue weighted by Gasteiger charge is 2.49. The van der Waals surface area contributed by atoms with Gasteiger partial charge in [-0.3, -0.25) is 14.5 Å². The Kier molecular flexibility index (Phi) is 5.26. The lowest BCUT2D eigenvalue weighted by Crippen LogP contribution is -2.45. The van der Waals surface area contributed by atoms with Crippen molar-refractivity contribution in [3.8, 4) is 0 Å². The van der Waals surface area contributed by atoms with E-state index in [-0.39, 0.29) is 18.4 Å². The van der Waals surface area contributed by atoms with Crippen molar-refractivity contribution in [1.29, 1.82) is 0 Å². The van der Waals surface area contributed by atoms with Gasteiger partial charge in [0.15, 0.2) is 0 Å². The molecule has 2 aromatic carbocycles. The Balaban J connectivity index is 1.53. The second kappa shape index (κ2) is 7.85. The number of nitrogens with one attached hydrogen (secondary N) is 1. The van der Waals surface area contributed by atoms with E-state index >= 15 is 0 Å². The number of urea groups is 1. The number of likely N-dealkylation sites (tertiary alicyclic amines) is 1. The molecule has 2 fully saturated rings. The topological polar surface area (TPSA) is 69.7 Å². The fraction of sp³-hybridized carbons (Fsp3) is 0.435. The van der Waals surface area contributed by atoms with Crippen molar-refractivity contribution in [2.75, 3.05) is 19.6 Å². The van der Waals surface area contributed by atoms with Crippen LogP contribution in [0.1, 0.15) is 44.6 Å². The van der Waals surface area contributed by atoms with Crippen LogP contribution in [0.25, 0.3) is 10.8 Å². The summed E-state index contributed by atoms with van der Waals surface area (Å²) in [4.78, 5) is 41.4. The lowest BCUT2D eigenvalue weighted by Gasteiger charge is -2.27. The maximum absolute atomic E-state index is 13.2. The third kappa shape index (κ3) is 3.71. The maximum atomic E-state index is 13.2. The van der Waals surface area contributed by atoms with Crippen LogP contribution in [0.4, 0.5) is 4.79 Å². The van der Waals surface area contributed by atoms with Crippen LogP contribution < -0.4 is 5.32 Å². The molecule has 29 heavy (non-hydrogen) atoms. The summed E-state index contributed by atoms with van der Waals surface area (Å²) < 4.78 is 0. The molecule has 6 nitrogen and oxygen atoms in total. The van der Waals surface area contributed by atoms with Gasteiger partial charge in [0.2, 0.25) is 5.91 Å². The molecule has 1 atom stereocenters. The fourth-order valence-electron chi connectivity index (χ4n) is 4.27. The number of rotatable bonds is 3. The second-order valence-corrected chi connectivity index (χ2v) is 8.16. The van der Waals surface area contributed by atoms with Crippen LogP contribution in [0.5, 0.6) is 0 Å². The summed E-state index contributed by atoms with van der Waals surface area (Å²) in [5, 5.41) is 4.88. The summed E-state index contributed by atoms with van der Waals surface area (Å²) in [6.45, 7) is 2.90. The number of benzene rings is 2. The highest BCUT2D eigenvalue weighted by atomic mass is 16.2. The van der Waals surface area contributed by atoms with Crippen LogP contribution in [-0.2, 0) is 15.1 Å². The van der Waals surface area contributed by atoms with E-state index in [1.165, 1.54) is 6.42 Å². The maximum Gasteiger partial charge on any atom is 0.325 e. The van der Waals surface area contributed by atoms with Gasteiger partial charge in [0.1, 0.15) is 12.1 Å². The Morgan fingerprint density at radius 2 is 1.62 bits per heavy atom. The second-order valence-electron chi connectivity index (χ2n) is 8.16. The number of hydrogen-bond donors (Lipinski definition) is 1. The molecule has 4 amide bonds. The molecule has 2 aromatic rings. The largest absolute Gasteiger partial charge is 0.341 e. The first kappa shape index (κ1) is 19.4. The Hall–Kier alpha value is -2.89. The molecule has 0 aromatic heterocycles. The number of fused-ring (bicyclic) bond motifs is 1. The van der Waals surface area contributed by atoms with Crippen molar-refractivity contribution in [2.24, 2.45) is 0 Å². The van der Waals surface area contributed by atoms with Crippen molar-refractivity contribution >= 4 is 28.6 Å². The molecule has 0 spiro atoms. The Morgan fingerprint density at radius 1 is 0.966 bits per heavy atom. The normalized spacial score (nSPS) is 23.1. The van der Waals surface area contributed by atoms with Gasteiger partial charge in [-0.15, -0.1) is 0 Å². The van der Waals surface area contributed by atoms with Gasteiger partial charge in [0, 0.05) is 13.1 Å². The first-order chi connectivity index (χ1) is 14.0. The predicted molar refractivity (Wildman–Crippen MR) is 111 cm³/mol. The highest BCUT2D eigenvalue weighted by molar-refractivity contribution is 6.09. The quantitative estimate of drug-likeness (QED) is 0.813. The van der Waals surface area contributed by atoms with Gasteiger partial charge in [0.25, 0.3) is 5.91 Å². The third-order valence-electron chi connectivity index (χ3n) is 6.10. The van der Waals surface area contributed by atoms with E-state index in [0.29, 0.717) is 13.1 Å². The van der Waals surface area contributed by atoms with Gasteiger partial charge in [-0.25, -0.2) is 4.79 Å². The molecule has 2 heterocycles. The minimum atomic E-state index is -1.17. The molecule has 4 rings (SSSR count). The Labute approximate surface area is 170 Å². The summed E-state index contributed by atoms with van der Waals surface area (Å²) >= 11 is 0. The molecule has 0 radical (unpaired) electrons. The molecule has 2 aliphatic heterocycles. The summed E-state index contributed by atoms with van der Waals surface area (Å²) in [7, 11) is 0. The number of hydrogen-bond acceptors (Lipinski definition) is 3. The zero-order chi connectivity index (χ0) is 20.4. The molecule has 2 saturated heterocycles. The van der Waals surface area contributed by atoms with Crippen LogP contribution in [0.3, 0.4) is 0 Å². The molecule has 0 bridgehead atoms. The monoisotopic (exact) mass is 393 g/mol. The lowest BCUT2D eigenvalue weighted by molar-refractivity contribution is -0.139. The average Bonchev–Trinajstić information content (AvgIpc) is 2.91. The molecular weight excluding hydrogens is 366 g/mol. The molecule has 152 valence electrons. The zero-order valence-electron chi connectivity index (χ0n) is 16.8. The number of imide groups is 1. The molecule has 0 aliphatic carbocycles. The first-order valence-electron chi connectivity index (χ1n) is 10.4. The van der Waals surface area contributed by atoms with Crippen molar-refractivity contribution < 1.29 is 14.4 Å². The van der Waals surface area contributed by atoms with Crippen LogP contribution in [-0.4, -0.2) is 47.3 Å². The molecule has 0 unspecified atom stereocenters. The van der Waals surface area contributed by atoms with Gasteiger partial charge in [-0.2, -0.15) is 0 Å². The fourth-order valence-corrected chi connectivity index (χ4v) is 4.27. The third-order valence-corrected chi connectivity index (χ3v) is 6.10. The molecule has 0 saturated carbocycles. The minimum Gasteiger partial charge on any atom is -0.341 e. The van der Waals surface area contributed by atoms with Gasteiger partial charge in [-0.1, -0.05) is 55.7 Å². The van der Waals surface area contributed by atoms with Gasteiger partial charge >= 0.3 is 6.03 Å². The summed E-state index contributed by atoms with van der Waals surface area (Å²) in [5.74, 6) is -0.531. The number of nitrogens with zero attached hydrogens (tertiary/aromatic N) is 2. The van der Waals surface area contributed by atoms with Gasteiger partial charge in [-0.05, 0) is 42.2 Å². The van der Waals surface area contributed by atoms with Gasteiger partial charge in [0.05, 0.1) is 0 Å². The molecule has 1 N–H and O–H groups in total. The van der Waals surface area contributed by atoms with E-state index in [2.05, 4.69) is 5.32 Å². The van der Waals surface area contributed by atoms with Crippen molar-refractivity contribution in [2.45, 2.75) is 44.6 Å². The van der Waals surface area contributed by atoms with Crippen LogP contribution in [0.2, 0.25) is 0 Å². The van der Waals surface area contributed by atoms with E-state index in [1.807, 2.05) is 42.5 Å². The zero-order valence-corrected chi connectivity index (χ0v) is 16.8. The molecule has 6 heteroatoms. The number of carbonyl (C=O) groups excluding carboxylic acids is 3. The smallest absolute Gasteiger partial charge is 0.325 e. The van der Waals surface area contributed by atoms with Crippen molar-refractivity contribution in [3.63, 3.8) is 0 Å². The number of carbonyl (C=O) groups is 3. The average molecular weight is 393 g/mol. The lowest BCUT2D eigenvalue weighted by atomic mass is 9.90. The first-order valence-corrected chi connectivity index (χ1v) is 10.4. The molecular formula is C23H27N3O3. The molecule has 2 aliphatic rings. The standard InChI is InChI=1S/C23H27N3O3/c1-23(19-12-11-17-9-5-6-10-18(17)15-19)21(28)26(22(29)24-23)16-20(27)25-13-7-3-2-4-8-14-25/h5-6,9-12,15H,2-4,7-8,13-14,16H2,1H3,(H,24,29)/t23-/m0/s1. The van der Waals surface area contributed by atoms with Crippen molar-refractivity contribution in [1.82, 2.24) is 15.1 Å². The predicted octanol–water partition coefficient (Wildman–Crippen LogP) is 3.40. The minimum absolute atomic E-state index is 0.154.